The number of aromatic nitrogens is 1. The first-order valence-corrected chi connectivity index (χ1v) is 7.17. The quantitative estimate of drug-likeness (QED) is 0.588. The van der Waals surface area contributed by atoms with Crippen molar-refractivity contribution >= 4 is 22.8 Å². The highest BCUT2D eigenvalue weighted by molar-refractivity contribution is 5.93. The lowest BCUT2D eigenvalue weighted by Crippen LogP contribution is -2.32. The molecule has 9 heteroatoms. The Kier molecular flexibility index (Phi) is 5.01. The number of guanidine groups is 2. The zero-order chi connectivity index (χ0) is 17.9. The minimum absolute atomic E-state index is 0.0250. The molecule has 2 rings (SSSR count). The van der Waals surface area contributed by atoms with Crippen molar-refractivity contribution in [2.75, 3.05) is 20.6 Å². The Labute approximate surface area is 137 Å². The lowest BCUT2D eigenvalue weighted by atomic mass is 10.1. The van der Waals surface area contributed by atoms with E-state index in [0.717, 1.165) is 17.7 Å². The molecule has 0 bridgehead atoms. The van der Waals surface area contributed by atoms with Gasteiger partial charge in [-0.25, -0.2) is 0 Å². The van der Waals surface area contributed by atoms with E-state index in [1.165, 1.54) is 6.07 Å². The first-order chi connectivity index (χ1) is 11.2. The van der Waals surface area contributed by atoms with E-state index in [1.807, 2.05) is 0 Å². The van der Waals surface area contributed by atoms with Gasteiger partial charge in [0.2, 0.25) is 5.96 Å². The summed E-state index contributed by atoms with van der Waals surface area (Å²) in [6.07, 6.45) is -2.27. The van der Waals surface area contributed by atoms with E-state index in [0.29, 0.717) is 23.9 Å². The Morgan fingerprint density at radius 1 is 1.25 bits per heavy atom. The number of H-pyrrole nitrogens is 1. The maximum absolute atomic E-state index is 12.8. The van der Waals surface area contributed by atoms with Crippen LogP contribution in [0.5, 0.6) is 0 Å². The van der Waals surface area contributed by atoms with Crippen LogP contribution in [0.15, 0.2) is 34.4 Å². The summed E-state index contributed by atoms with van der Waals surface area (Å²) >= 11 is 0. The third kappa shape index (κ3) is 4.18. The van der Waals surface area contributed by atoms with Crippen molar-refractivity contribution in [2.45, 2.75) is 12.6 Å². The fraction of sp³-hybridized carbons (Fsp3) is 0.333. The molecule has 1 aromatic carbocycles. The van der Waals surface area contributed by atoms with Crippen LogP contribution in [0.2, 0.25) is 0 Å². The van der Waals surface area contributed by atoms with Crippen LogP contribution in [-0.4, -0.2) is 42.4 Å². The van der Waals surface area contributed by atoms with Crippen LogP contribution >= 0.6 is 0 Å². The van der Waals surface area contributed by atoms with Crippen LogP contribution in [0.25, 0.3) is 10.9 Å². The van der Waals surface area contributed by atoms with Gasteiger partial charge in [0.15, 0.2) is 5.96 Å². The van der Waals surface area contributed by atoms with Gasteiger partial charge in [0.1, 0.15) is 0 Å². The molecule has 0 radical (unpaired) electrons. The molecule has 0 fully saturated rings. The number of hydrogen-bond acceptors (Lipinski definition) is 1. The Morgan fingerprint density at radius 3 is 2.58 bits per heavy atom. The van der Waals surface area contributed by atoms with Crippen LogP contribution in [0.3, 0.4) is 0 Å². The van der Waals surface area contributed by atoms with E-state index in [2.05, 4.69) is 15.0 Å². The van der Waals surface area contributed by atoms with Gasteiger partial charge in [-0.2, -0.15) is 18.2 Å². The summed E-state index contributed by atoms with van der Waals surface area (Å²) in [6, 6.07) is 3.61. The summed E-state index contributed by atoms with van der Waals surface area (Å²) in [4.78, 5) is 12.5. The van der Waals surface area contributed by atoms with Crippen molar-refractivity contribution in [2.24, 2.45) is 21.5 Å². The summed E-state index contributed by atoms with van der Waals surface area (Å²) < 4.78 is 38.5. The Morgan fingerprint density at radius 2 is 1.96 bits per heavy atom. The van der Waals surface area contributed by atoms with E-state index in [-0.39, 0.29) is 11.9 Å². The van der Waals surface area contributed by atoms with E-state index in [9.17, 15) is 13.2 Å². The molecule has 1 aromatic heterocycles. The standard InChI is InChI=1S/C15H19F3N6/c1-24(2)14(20)23-13(19)21-6-5-9-8-22-12-4-3-10(7-11(9)12)15(16,17)18/h3-4,7-8,22H,5-6H2,1-2H3,(H4,19,20,21,23). The molecular weight excluding hydrogens is 321 g/mol. The van der Waals surface area contributed by atoms with E-state index < -0.39 is 11.7 Å². The Hall–Kier alpha value is -2.71. The zero-order valence-electron chi connectivity index (χ0n) is 13.4. The smallest absolute Gasteiger partial charge is 0.369 e. The minimum Gasteiger partial charge on any atom is -0.369 e. The number of benzene rings is 1. The molecule has 130 valence electrons. The summed E-state index contributed by atoms with van der Waals surface area (Å²) in [5, 5.41) is 0.523. The van der Waals surface area contributed by atoms with Crippen LogP contribution in [0, 0.1) is 0 Å². The van der Waals surface area contributed by atoms with Crippen molar-refractivity contribution < 1.29 is 13.2 Å². The Bertz CT molecular complexity index is 773. The lowest BCUT2D eigenvalue weighted by molar-refractivity contribution is -0.137. The van der Waals surface area contributed by atoms with Gasteiger partial charge in [0.05, 0.1) is 5.56 Å². The van der Waals surface area contributed by atoms with Crippen molar-refractivity contribution in [3.8, 4) is 0 Å². The molecule has 0 spiro atoms. The molecule has 24 heavy (non-hydrogen) atoms. The van der Waals surface area contributed by atoms with E-state index in [4.69, 9.17) is 11.5 Å². The molecular formula is C15H19F3N6. The zero-order valence-corrected chi connectivity index (χ0v) is 13.4. The van der Waals surface area contributed by atoms with Gasteiger partial charge in [-0.3, -0.25) is 4.99 Å². The minimum atomic E-state index is -4.37. The summed E-state index contributed by atoms with van der Waals surface area (Å²) in [7, 11) is 3.44. The average molecular weight is 340 g/mol. The number of rotatable bonds is 3. The number of aromatic amines is 1. The second kappa shape index (κ2) is 6.81. The summed E-state index contributed by atoms with van der Waals surface area (Å²) in [6.45, 7) is 0.291. The second-order valence-electron chi connectivity index (χ2n) is 5.43. The highest BCUT2D eigenvalue weighted by Crippen LogP contribution is 2.32. The lowest BCUT2D eigenvalue weighted by Gasteiger charge is -2.09. The normalized spacial score (nSPS) is 13.5. The molecule has 6 nitrogen and oxygen atoms in total. The highest BCUT2D eigenvalue weighted by Gasteiger charge is 2.30. The van der Waals surface area contributed by atoms with Crippen molar-refractivity contribution in [1.82, 2.24) is 9.88 Å². The van der Waals surface area contributed by atoms with Crippen molar-refractivity contribution in [3.05, 3.63) is 35.5 Å². The third-order valence-corrected chi connectivity index (χ3v) is 3.44. The Balaban J connectivity index is 2.15. The number of nitrogens with one attached hydrogen (secondary N) is 1. The predicted octanol–water partition coefficient (Wildman–Crippen LogP) is 1.92. The average Bonchev–Trinajstić information content (AvgIpc) is 2.88. The third-order valence-electron chi connectivity index (χ3n) is 3.44. The molecule has 2 aromatic rings. The highest BCUT2D eigenvalue weighted by atomic mass is 19.4. The number of alkyl halides is 3. The van der Waals surface area contributed by atoms with Crippen molar-refractivity contribution in [1.29, 1.82) is 0 Å². The molecule has 0 saturated carbocycles. The van der Waals surface area contributed by atoms with Gasteiger partial charge in [-0.05, 0) is 30.2 Å². The maximum atomic E-state index is 12.8. The fourth-order valence-corrected chi connectivity index (χ4v) is 2.11. The van der Waals surface area contributed by atoms with Crippen LogP contribution in [0.1, 0.15) is 11.1 Å². The van der Waals surface area contributed by atoms with Gasteiger partial charge in [-0.1, -0.05) is 0 Å². The number of aliphatic imine (C=N–C) groups is 2. The summed E-state index contributed by atoms with van der Waals surface area (Å²) in [5.41, 5.74) is 12.0. The second-order valence-corrected chi connectivity index (χ2v) is 5.43. The molecule has 5 N–H and O–H groups in total. The van der Waals surface area contributed by atoms with Crippen molar-refractivity contribution in [3.63, 3.8) is 0 Å². The van der Waals surface area contributed by atoms with E-state index >= 15 is 0 Å². The van der Waals surface area contributed by atoms with Crippen LogP contribution in [0.4, 0.5) is 13.2 Å². The molecule has 0 aliphatic heterocycles. The summed E-state index contributed by atoms with van der Waals surface area (Å²) in [5.74, 6) is 0.246. The first-order valence-electron chi connectivity index (χ1n) is 7.17. The topological polar surface area (TPSA) is 95.8 Å². The fourth-order valence-electron chi connectivity index (χ4n) is 2.11. The molecule has 0 aliphatic carbocycles. The monoisotopic (exact) mass is 340 g/mol. The number of hydrogen-bond donors (Lipinski definition) is 3. The molecule has 0 unspecified atom stereocenters. The SMILES string of the molecule is CN(C)C(N)=NC(N)=NCCc1c[nH]c2ccc(C(F)(F)F)cc12. The predicted molar refractivity (Wildman–Crippen MR) is 88.8 cm³/mol. The molecule has 0 saturated heterocycles. The van der Waals surface area contributed by atoms with Gasteiger partial charge >= 0.3 is 6.18 Å². The van der Waals surface area contributed by atoms with Gasteiger partial charge in [0, 0.05) is 37.7 Å². The van der Waals surface area contributed by atoms with E-state index in [1.54, 1.807) is 25.2 Å². The number of halogens is 3. The largest absolute Gasteiger partial charge is 0.416 e. The molecule has 1 heterocycles. The molecule has 0 amide bonds. The first kappa shape index (κ1) is 17.6. The van der Waals surface area contributed by atoms with Gasteiger partial charge in [0.25, 0.3) is 0 Å². The number of nitrogens with zero attached hydrogens (tertiary/aromatic N) is 3. The number of nitrogens with two attached hydrogens (primary N) is 2. The van der Waals surface area contributed by atoms with Crippen LogP contribution < -0.4 is 11.5 Å². The molecule has 0 aliphatic rings. The number of fused-ring (bicyclic) bond motifs is 1. The van der Waals surface area contributed by atoms with Gasteiger partial charge < -0.3 is 21.4 Å². The molecule has 0 atom stereocenters. The van der Waals surface area contributed by atoms with Crippen LogP contribution in [-0.2, 0) is 12.6 Å². The maximum Gasteiger partial charge on any atom is 0.416 e. The van der Waals surface area contributed by atoms with Gasteiger partial charge in [-0.15, -0.1) is 0 Å².